The van der Waals surface area contributed by atoms with Crippen molar-refractivity contribution in [2.75, 3.05) is 0 Å². The zero-order valence-electron chi connectivity index (χ0n) is 8.20. The van der Waals surface area contributed by atoms with Crippen LogP contribution in [-0.2, 0) is 0 Å². The number of ether oxygens (including phenoxy) is 1. The van der Waals surface area contributed by atoms with E-state index in [1.165, 1.54) is 6.07 Å². The number of halogens is 1. The molecule has 0 aromatic heterocycles. The summed E-state index contributed by atoms with van der Waals surface area (Å²) in [6.07, 6.45) is 1.87. The zero-order valence-corrected chi connectivity index (χ0v) is 8.95. The quantitative estimate of drug-likeness (QED) is 0.589. The first-order valence-electron chi connectivity index (χ1n) is 4.63. The Balaban J connectivity index is 2.32. The van der Waals surface area contributed by atoms with E-state index in [0.717, 1.165) is 12.8 Å². The Kier molecular flexibility index (Phi) is 2.31. The summed E-state index contributed by atoms with van der Waals surface area (Å²) in [5, 5.41) is 11.1. The summed E-state index contributed by atoms with van der Waals surface area (Å²) < 4.78 is 5.56. The molecule has 0 spiro atoms. The molecule has 4 nitrogen and oxygen atoms in total. The van der Waals surface area contributed by atoms with E-state index in [1.54, 1.807) is 12.1 Å². The van der Waals surface area contributed by atoms with Gasteiger partial charge in [0.05, 0.1) is 4.92 Å². The van der Waals surface area contributed by atoms with Gasteiger partial charge in [-0.15, -0.1) is 0 Å². The van der Waals surface area contributed by atoms with Crippen LogP contribution in [0.3, 0.4) is 0 Å². The highest BCUT2D eigenvalue weighted by atomic mass is 35.5. The summed E-state index contributed by atoms with van der Waals surface area (Å²) in [5.74, 6) is 0.296. The lowest BCUT2D eigenvalue weighted by Crippen LogP contribution is -2.13. The molecule has 2 rings (SSSR count). The number of hydrogen-bond acceptors (Lipinski definition) is 3. The SMILES string of the molecule is CC1(Oc2ccc(Cl)cc2[N+](=O)[O-])CC1. The van der Waals surface area contributed by atoms with Gasteiger partial charge in [0.15, 0.2) is 5.75 Å². The van der Waals surface area contributed by atoms with Crippen LogP contribution in [0.1, 0.15) is 19.8 Å². The van der Waals surface area contributed by atoms with Crippen LogP contribution in [0.25, 0.3) is 0 Å². The van der Waals surface area contributed by atoms with Crippen molar-refractivity contribution in [2.45, 2.75) is 25.4 Å². The van der Waals surface area contributed by atoms with Gasteiger partial charge in [0.2, 0.25) is 0 Å². The summed E-state index contributed by atoms with van der Waals surface area (Å²) in [6, 6.07) is 4.45. The van der Waals surface area contributed by atoms with Crippen LogP contribution in [0.2, 0.25) is 5.02 Å². The van der Waals surface area contributed by atoms with Gasteiger partial charge in [0.25, 0.3) is 0 Å². The number of hydrogen-bond donors (Lipinski definition) is 0. The number of nitrogens with zero attached hydrogens (tertiary/aromatic N) is 1. The Labute approximate surface area is 92.0 Å². The van der Waals surface area contributed by atoms with Gasteiger partial charge in [-0.3, -0.25) is 10.1 Å². The van der Waals surface area contributed by atoms with Gasteiger partial charge in [-0.1, -0.05) is 11.6 Å². The van der Waals surface area contributed by atoms with E-state index < -0.39 is 4.92 Å². The molecule has 1 fully saturated rings. The highest BCUT2D eigenvalue weighted by molar-refractivity contribution is 6.30. The van der Waals surface area contributed by atoms with E-state index in [9.17, 15) is 10.1 Å². The first-order chi connectivity index (χ1) is 7.00. The summed E-state index contributed by atoms with van der Waals surface area (Å²) in [5.41, 5.74) is -0.297. The Bertz CT molecular complexity index is 415. The van der Waals surface area contributed by atoms with E-state index in [2.05, 4.69) is 0 Å². The summed E-state index contributed by atoms with van der Waals surface area (Å²) >= 11 is 5.69. The van der Waals surface area contributed by atoms with Crippen LogP contribution < -0.4 is 4.74 Å². The van der Waals surface area contributed by atoms with Crippen LogP contribution in [-0.4, -0.2) is 10.5 Å². The van der Waals surface area contributed by atoms with E-state index in [-0.39, 0.29) is 11.3 Å². The molecule has 15 heavy (non-hydrogen) atoms. The third kappa shape index (κ3) is 2.21. The van der Waals surface area contributed by atoms with Gasteiger partial charge in [0, 0.05) is 11.1 Å². The maximum atomic E-state index is 10.7. The summed E-state index contributed by atoms with van der Waals surface area (Å²) in [4.78, 5) is 10.3. The van der Waals surface area contributed by atoms with Crippen molar-refractivity contribution in [2.24, 2.45) is 0 Å². The Morgan fingerprint density at radius 2 is 2.20 bits per heavy atom. The van der Waals surface area contributed by atoms with Gasteiger partial charge >= 0.3 is 5.69 Å². The third-order valence-electron chi connectivity index (χ3n) is 2.43. The number of benzene rings is 1. The van der Waals surface area contributed by atoms with Crippen LogP contribution in [0.4, 0.5) is 5.69 Å². The van der Waals surface area contributed by atoms with Crippen LogP contribution >= 0.6 is 11.6 Å². The molecule has 1 saturated carbocycles. The predicted molar refractivity (Wildman–Crippen MR) is 56.4 cm³/mol. The second kappa shape index (κ2) is 3.38. The smallest absolute Gasteiger partial charge is 0.312 e. The molecule has 1 aromatic carbocycles. The average molecular weight is 228 g/mol. The number of rotatable bonds is 3. The molecule has 0 radical (unpaired) electrons. The predicted octanol–water partition coefficient (Wildman–Crippen LogP) is 3.18. The molecule has 80 valence electrons. The van der Waals surface area contributed by atoms with Gasteiger partial charge in [-0.2, -0.15) is 0 Å². The molecule has 0 unspecified atom stereocenters. The average Bonchev–Trinajstić information content (AvgIpc) is 2.87. The van der Waals surface area contributed by atoms with Gasteiger partial charge in [0.1, 0.15) is 5.60 Å². The summed E-state index contributed by atoms with van der Waals surface area (Å²) in [7, 11) is 0. The van der Waals surface area contributed by atoms with Crippen molar-refractivity contribution in [1.82, 2.24) is 0 Å². The number of nitro benzene ring substituents is 1. The topological polar surface area (TPSA) is 52.4 Å². The molecular weight excluding hydrogens is 218 g/mol. The number of nitro groups is 1. The molecule has 0 atom stereocenters. The molecular formula is C10H10ClNO3. The highest BCUT2D eigenvalue weighted by Crippen LogP contribution is 2.42. The second-order valence-electron chi connectivity index (χ2n) is 3.92. The normalized spacial score (nSPS) is 17.2. The molecule has 1 aliphatic rings. The fraction of sp³-hybridized carbons (Fsp3) is 0.400. The van der Waals surface area contributed by atoms with Crippen molar-refractivity contribution < 1.29 is 9.66 Å². The maximum absolute atomic E-state index is 10.7. The van der Waals surface area contributed by atoms with Crippen molar-refractivity contribution >= 4 is 17.3 Å². The lowest BCUT2D eigenvalue weighted by atomic mass is 10.3. The van der Waals surface area contributed by atoms with E-state index >= 15 is 0 Å². The Hall–Kier alpha value is -1.29. The van der Waals surface area contributed by atoms with Gasteiger partial charge < -0.3 is 4.74 Å². The molecule has 1 aromatic rings. The van der Waals surface area contributed by atoms with Crippen molar-refractivity contribution in [3.05, 3.63) is 33.3 Å². The molecule has 0 N–H and O–H groups in total. The van der Waals surface area contributed by atoms with Crippen LogP contribution in [0.5, 0.6) is 5.75 Å². The minimum Gasteiger partial charge on any atom is -0.481 e. The monoisotopic (exact) mass is 227 g/mol. The molecule has 0 heterocycles. The standard InChI is InChI=1S/C10H10ClNO3/c1-10(4-5-10)15-9-3-2-7(11)6-8(9)12(13)14/h2-3,6H,4-5H2,1H3. The Morgan fingerprint density at radius 1 is 1.53 bits per heavy atom. The van der Waals surface area contributed by atoms with Crippen molar-refractivity contribution in [3.63, 3.8) is 0 Å². The molecule has 0 bridgehead atoms. The Morgan fingerprint density at radius 3 is 2.73 bits per heavy atom. The molecule has 1 aliphatic carbocycles. The van der Waals surface area contributed by atoms with Crippen molar-refractivity contribution in [3.8, 4) is 5.75 Å². The van der Waals surface area contributed by atoms with Crippen LogP contribution in [0.15, 0.2) is 18.2 Å². The van der Waals surface area contributed by atoms with Crippen molar-refractivity contribution in [1.29, 1.82) is 0 Å². The minimum atomic E-state index is -0.479. The van der Waals surface area contributed by atoms with Crippen LogP contribution in [0, 0.1) is 10.1 Å². The van der Waals surface area contributed by atoms with E-state index in [1.807, 2.05) is 6.92 Å². The minimum absolute atomic E-state index is 0.0735. The molecule has 5 heteroatoms. The molecule has 0 amide bonds. The fourth-order valence-electron chi connectivity index (χ4n) is 1.26. The lowest BCUT2D eigenvalue weighted by Gasteiger charge is -2.12. The largest absolute Gasteiger partial charge is 0.481 e. The zero-order chi connectivity index (χ0) is 11.1. The van der Waals surface area contributed by atoms with E-state index in [0.29, 0.717) is 10.8 Å². The summed E-state index contributed by atoms with van der Waals surface area (Å²) in [6.45, 7) is 1.94. The molecule has 0 aliphatic heterocycles. The maximum Gasteiger partial charge on any atom is 0.312 e. The highest BCUT2D eigenvalue weighted by Gasteiger charge is 2.41. The molecule has 0 saturated heterocycles. The second-order valence-corrected chi connectivity index (χ2v) is 4.36. The van der Waals surface area contributed by atoms with Gasteiger partial charge in [-0.05, 0) is 31.9 Å². The van der Waals surface area contributed by atoms with E-state index in [4.69, 9.17) is 16.3 Å². The lowest BCUT2D eigenvalue weighted by molar-refractivity contribution is -0.386. The third-order valence-corrected chi connectivity index (χ3v) is 2.66. The fourth-order valence-corrected chi connectivity index (χ4v) is 1.43. The first kappa shape index (κ1) is 10.2. The first-order valence-corrected chi connectivity index (χ1v) is 5.01. The van der Waals surface area contributed by atoms with Gasteiger partial charge in [-0.25, -0.2) is 0 Å².